The quantitative estimate of drug-likeness (QED) is 0.285. The van der Waals surface area contributed by atoms with E-state index in [1.54, 1.807) is 6.08 Å². The first-order valence-corrected chi connectivity index (χ1v) is 8.06. The molecule has 1 amide bonds. The number of primary amides is 1. The molecule has 2 N–H and O–H groups in total. The fourth-order valence-electron chi connectivity index (χ4n) is 2.03. The Bertz CT molecular complexity index is 303. The molecule has 20 heavy (non-hydrogen) atoms. The van der Waals surface area contributed by atoms with Crippen LogP contribution in [0.3, 0.4) is 0 Å². The second kappa shape index (κ2) is 15.7. The third-order valence-electron chi connectivity index (χ3n) is 3.20. The van der Waals surface area contributed by atoms with Crippen LogP contribution in [0.5, 0.6) is 0 Å². The Labute approximate surface area is 124 Å². The van der Waals surface area contributed by atoms with Gasteiger partial charge in [0.2, 0.25) is 5.91 Å². The monoisotopic (exact) mass is 277 g/mol. The van der Waals surface area contributed by atoms with Gasteiger partial charge >= 0.3 is 0 Å². The Morgan fingerprint density at radius 1 is 0.800 bits per heavy atom. The van der Waals surface area contributed by atoms with E-state index in [4.69, 9.17) is 5.73 Å². The number of hydrogen-bond donors (Lipinski definition) is 1. The van der Waals surface area contributed by atoms with Crippen LogP contribution in [0.1, 0.15) is 71.1 Å². The molecule has 0 saturated carbocycles. The maximum absolute atomic E-state index is 10.4. The van der Waals surface area contributed by atoms with Gasteiger partial charge in [-0.2, -0.15) is 0 Å². The van der Waals surface area contributed by atoms with Crippen LogP contribution in [0.25, 0.3) is 0 Å². The van der Waals surface area contributed by atoms with Crippen LogP contribution >= 0.6 is 0 Å². The molecular weight excluding hydrogens is 246 g/mol. The zero-order chi connectivity index (χ0) is 14.9. The molecule has 0 radical (unpaired) electrons. The summed E-state index contributed by atoms with van der Waals surface area (Å²) in [5, 5.41) is 0. The summed E-state index contributed by atoms with van der Waals surface area (Å²) in [5.41, 5.74) is 4.97. The largest absolute Gasteiger partial charge is 0.366 e. The Hall–Kier alpha value is -1.31. The second-order valence-electron chi connectivity index (χ2n) is 5.19. The highest BCUT2D eigenvalue weighted by atomic mass is 16.1. The van der Waals surface area contributed by atoms with Gasteiger partial charge < -0.3 is 5.73 Å². The lowest BCUT2D eigenvalue weighted by atomic mass is 10.1. The van der Waals surface area contributed by atoms with Gasteiger partial charge in [0.05, 0.1) is 0 Å². The molecule has 0 aromatic carbocycles. The van der Waals surface area contributed by atoms with Gasteiger partial charge in [0, 0.05) is 6.08 Å². The normalized spacial score (nSPS) is 12.1. The second-order valence-corrected chi connectivity index (χ2v) is 5.19. The molecular formula is C18H31NO. The minimum atomic E-state index is -0.409. The first kappa shape index (κ1) is 18.7. The predicted molar refractivity (Wildman–Crippen MR) is 88.5 cm³/mol. The molecule has 0 aliphatic heterocycles. The van der Waals surface area contributed by atoms with Gasteiger partial charge in [-0.05, 0) is 12.8 Å². The number of nitrogens with two attached hydrogens (primary N) is 1. The van der Waals surface area contributed by atoms with Crippen LogP contribution < -0.4 is 5.73 Å². The standard InChI is InChI=1S/C18H31NO/c1-2-3-4-5-6-7-8-9-10-11-12-13-14-15-16-17-18(19)20/h12-17H,2-11H2,1H3,(H2,19,20)/b13-12+,15-14+,17-16+. The zero-order valence-corrected chi connectivity index (χ0v) is 13.0. The Balaban J connectivity index is 3.25. The third kappa shape index (κ3) is 16.7. The third-order valence-corrected chi connectivity index (χ3v) is 3.20. The van der Waals surface area contributed by atoms with Crippen molar-refractivity contribution in [2.75, 3.05) is 0 Å². The summed E-state index contributed by atoms with van der Waals surface area (Å²) in [6, 6.07) is 0. The lowest BCUT2D eigenvalue weighted by Gasteiger charge is -2.00. The lowest BCUT2D eigenvalue weighted by Crippen LogP contribution is -2.04. The SMILES string of the molecule is CCCCCCCCCCC/C=C/C=C/C=C/C(N)=O. The maximum atomic E-state index is 10.4. The molecule has 2 nitrogen and oxygen atoms in total. The molecule has 0 heterocycles. The van der Waals surface area contributed by atoms with Crippen molar-refractivity contribution in [3.05, 3.63) is 36.5 Å². The summed E-state index contributed by atoms with van der Waals surface area (Å²) in [6.07, 6.45) is 24.4. The molecule has 0 unspecified atom stereocenters. The van der Waals surface area contributed by atoms with Crippen molar-refractivity contribution < 1.29 is 4.79 Å². The highest BCUT2D eigenvalue weighted by Crippen LogP contribution is 2.10. The van der Waals surface area contributed by atoms with E-state index in [0.29, 0.717) is 0 Å². The average Bonchev–Trinajstić information content (AvgIpc) is 2.43. The van der Waals surface area contributed by atoms with Crippen LogP contribution in [0.4, 0.5) is 0 Å². The molecule has 0 bridgehead atoms. The van der Waals surface area contributed by atoms with E-state index in [2.05, 4.69) is 13.0 Å². The highest BCUT2D eigenvalue weighted by molar-refractivity contribution is 5.85. The number of hydrogen-bond acceptors (Lipinski definition) is 1. The van der Waals surface area contributed by atoms with Gasteiger partial charge in [-0.25, -0.2) is 0 Å². The highest BCUT2D eigenvalue weighted by Gasteiger charge is 1.90. The molecule has 0 saturated heterocycles. The summed E-state index contributed by atoms with van der Waals surface area (Å²) in [6.45, 7) is 2.26. The van der Waals surface area contributed by atoms with Crippen molar-refractivity contribution in [2.45, 2.75) is 71.1 Å². The van der Waals surface area contributed by atoms with Gasteiger partial charge in [-0.15, -0.1) is 0 Å². The Morgan fingerprint density at radius 2 is 1.35 bits per heavy atom. The summed E-state index contributed by atoms with van der Waals surface area (Å²) < 4.78 is 0. The van der Waals surface area contributed by atoms with Crippen LogP contribution in [-0.2, 0) is 4.79 Å². The van der Waals surface area contributed by atoms with Crippen molar-refractivity contribution in [1.29, 1.82) is 0 Å². The minimum absolute atomic E-state index is 0.409. The molecule has 0 aliphatic carbocycles. The molecule has 0 aliphatic rings. The first-order chi connectivity index (χ1) is 9.77. The van der Waals surface area contributed by atoms with E-state index in [1.807, 2.05) is 18.2 Å². The molecule has 114 valence electrons. The van der Waals surface area contributed by atoms with Gasteiger partial charge in [0.15, 0.2) is 0 Å². The van der Waals surface area contributed by atoms with Crippen LogP contribution in [-0.4, -0.2) is 5.91 Å². The van der Waals surface area contributed by atoms with Crippen molar-refractivity contribution in [2.24, 2.45) is 5.73 Å². The molecule has 0 aromatic rings. The zero-order valence-electron chi connectivity index (χ0n) is 13.0. The fourth-order valence-corrected chi connectivity index (χ4v) is 2.03. The minimum Gasteiger partial charge on any atom is -0.366 e. The summed E-state index contributed by atoms with van der Waals surface area (Å²) in [5.74, 6) is -0.409. The topological polar surface area (TPSA) is 43.1 Å². The first-order valence-electron chi connectivity index (χ1n) is 8.06. The molecule has 0 fully saturated rings. The Morgan fingerprint density at radius 3 is 1.95 bits per heavy atom. The molecule has 0 rings (SSSR count). The number of rotatable bonds is 13. The van der Waals surface area contributed by atoms with Gasteiger partial charge in [0.1, 0.15) is 0 Å². The van der Waals surface area contributed by atoms with Crippen molar-refractivity contribution in [3.8, 4) is 0 Å². The van der Waals surface area contributed by atoms with Crippen molar-refractivity contribution in [1.82, 2.24) is 0 Å². The number of carbonyl (C=O) groups is 1. The average molecular weight is 277 g/mol. The number of allylic oxidation sites excluding steroid dienone is 5. The van der Waals surface area contributed by atoms with E-state index < -0.39 is 5.91 Å². The number of carbonyl (C=O) groups excluding carboxylic acids is 1. The fraction of sp³-hybridized carbons (Fsp3) is 0.611. The van der Waals surface area contributed by atoms with E-state index >= 15 is 0 Å². The molecule has 2 heteroatoms. The molecule has 0 spiro atoms. The predicted octanol–water partition coefficient (Wildman–Crippen LogP) is 5.06. The molecule has 0 atom stereocenters. The van der Waals surface area contributed by atoms with E-state index in [9.17, 15) is 4.79 Å². The summed E-state index contributed by atoms with van der Waals surface area (Å²) in [4.78, 5) is 10.4. The smallest absolute Gasteiger partial charge is 0.241 e. The van der Waals surface area contributed by atoms with Gasteiger partial charge in [-0.1, -0.05) is 88.7 Å². The molecule has 0 aromatic heterocycles. The van der Waals surface area contributed by atoms with Crippen LogP contribution in [0.15, 0.2) is 36.5 Å². The number of amides is 1. The van der Waals surface area contributed by atoms with Gasteiger partial charge in [0.25, 0.3) is 0 Å². The maximum Gasteiger partial charge on any atom is 0.241 e. The van der Waals surface area contributed by atoms with Gasteiger partial charge in [-0.3, -0.25) is 4.79 Å². The Kier molecular flexibility index (Phi) is 14.7. The lowest BCUT2D eigenvalue weighted by molar-refractivity contribution is -0.113. The van der Waals surface area contributed by atoms with Crippen molar-refractivity contribution in [3.63, 3.8) is 0 Å². The van der Waals surface area contributed by atoms with Crippen LogP contribution in [0.2, 0.25) is 0 Å². The summed E-state index contributed by atoms with van der Waals surface area (Å²) in [7, 11) is 0. The summed E-state index contributed by atoms with van der Waals surface area (Å²) >= 11 is 0. The van der Waals surface area contributed by atoms with Crippen molar-refractivity contribution >= 4 is 5.91 Å². The van der Waals surface area contributed by atoms with E-state index in [-0.39, 0.29) is 0 Å². The van der Waals surface area contributed by atoms with Crippen LogP contribution in [0, 0.1) is 0 Å². The number of unbranched alkanes of at least 4 members (excludes halogenated alkanes) is 9. The van der Waals surface area contributed by atoms with E-state index in [0.717, 1.165) is 6.42 Å². The van der Waals surface area contributed by atoms with E-state index in [1.165, 1.54) is 63.9 Å².